The van der Waals surface area contributed by atoms with Crippen LogP contribution >= 0.6 is 11.6 Å². The van der Waals surface area contributed by atoms with Crippen LogP contribution in [-0.4, -0.2) is 20.7 Å². The summed E-state index contributed by atoms with van der Waals surface area (Å²) in [5, 5.41) is 11.0. The van der Waals surface area contributed by atoms with E-state index in [2.05, 4.69) is 15.5 Å². The molecule has 2 heterocycles. The number of hydrogen-bond donors (Lipinski definition) is 1. The van der Waals surface area contributed by atoms with Crippen molar-refractivity contribution >= 4 is 17.5 Å². The number of carbonyl (C=O) groups excluding carboxylic acids is 1. The van der Waals surface area contributed by atoms with E-state index in [4.69, 9.17) is 16.3 Å². The van der Waals surface area contributed by atoms with Crippen LogP contribution in [0.15, 0.2) is 24.3 Å². The summed E-state index contributed by atoms with van der Waals surface area (Å²) in [5.41, 5.74) is -0.139. The molecule has 10 heteroatoms. The van der Waals surface area contributed by atoms with E-state index in [9.17, 15) is 18.0 Å². The van der Waals surface area contributed by atoms with Gasteiger partial charge in [0.25, 0.3) is 5.91 Å². The minimum atomic E-state index is -1.30. The Kier molecular flexibility index (Phi) is 4.70. The van der Waals surface area contributed by atoms with Gasteiger partial charge in [-0.3, -0.25) is 4.79 Å². The summed E-state index contributed by atoms with van der Waals surface area (Å²) in [5.74, 6) is -2.81. The number of amides is 1. The number of fused-ring (bicyclic) bond motifs is 1. The van der Waals surface area contributed by atoms with Crippen molar-refractivity contribution < 1.29 is 22.7 Å². The third kappa shape index (κ3) is 3.40. The lowest BCUT2D eigenvalue weighted by atomic mass is 10.0. The SMILES string of the molecule is CC(C)(Oc1c(F)cc(Cl)cc1F)c1nnc(-c2cc3c(cc2F)C(=O)NC3)n1C1CC1. The highest BCUT2D eigenvalue weighted by molar-refractivity contribution is 6.30. The molecule has 1 aromatic heterocycles. The second kappa shape index (κ2) is 7.23. The Morgan fingerprint density at radius 3 is 2.41 bits per heavy atom. The fourth-order valence-corrected chi connectivity index (χ4v) is 4.10. The molecule has 1 fully saturated rings. The normalized spacial score (nSPS) is 15.6. The summed E-state index contributed by atoms with van der Waals surface area (Å²) in [4.78, 5) is 11.8. The monoisotopic (exact) mass is 462 g/mol. The number of nitrogens with one attached hydrogen (secondary N) is 1. The first-order valence-electron chi connectivity index (χ1n) is 10.1. The Balaban J connectivity index is 1.58. The van der Waals surface area contributed by atoms with Gasteiger partial charge in [0, 0.05) is 23.2 Å². The van der Waals surface area contributed by atoms with Crippen LogP contribution in [0.5, 0.6) is 5.75 Å². The molecule has 2 aliphatic rings. The number of rotatable bonds is 5. The number of ether oxygens (including phenoxy) is 1. The van der Waals surface area contributed by atoms with E-state index in [0.29, 0.717) is 23.5 Å². The zero-order valence-corrected chi connectivity index (χ0v) is 17.9. The highest BCUT2D eigenvalue weighted by atomic mass is 35.5. The molecule has 1 aliphatic carbocycles. The number of aromatic nitrogens is 3. The number of carbonyl (C=O) groups is 1. The second-order valence-electron chi connectivity index (χ2n) is 8.43. The third-order valence-corrected chi connectivity index (χ3v) is 5.80. The second-order valence-corrected chi connectivity index (χ2v) is 8.87. The molecular formula is C22H18ClF3N4O2. The lowest BCUT2D eigenvalue weighted by Crippen LogP contribution is -2.30. The minimum absolute atomic E-state index is 0.00481. The minimum Gasteiger partial charge on any atom is -0.474 e. The Morgan fingerprint density at radius 2 is 1.75 bits per heavy atom. The topological polar surface area (TPSA) is 69.0 Å². The summed E-state index contributed by atoms with van der Waals surface area (Å²) in [7, 11) is 0. The van der Waals surface area contributed by atoms with E-state index in [-0.39, 0.29) is 28.4 Å². The number of hydrogen-bond acceptors (Lipinski definition) is 4. The molecule has 0 atom stereocenters. The van der Waals surface area contributed by atoms with Gasteiger partial charge in [-0.15, -0.1) is 10.2 Å². The molecule has 1 amide bonds. The van der Waals surface area contributed by atoms with Crippen molar-refractivity contribution in [2.75, 3.05) is 0 Å². The maximum absolute atomic E-state index is 15.0. The molecule has 3 aromatic rings. The predicted molar refractivity (Wildman–Crippen MR) is 110 cm³/mol. The largest absolute Gasteiger partial charge is 0.474 e. The van der Waals surface area contributed by atoms with E-state index < -0.39 is 28.8 Å². The van der Waals surface area contributed by atoms with Crippen LogP contribution in [0.2, 0.25) is 5.02 Å². The smallest absolute Gasteiger partial charge is 0.252 e. The van der Waals surface area contributed by atoms with Crippen LogP contribution in [0, 0.1) is 17.5 Å². The Morgan fingerprint density at radius 1 is 1.06 bits per heavy atom. The van der Waals surface area contributed by atoms with Gasteiger partial charge in [0.05, 0.1) is 5.56 Å². The van der Waals surface area contributed by atoms with Crippen molar-refractivity contribution in [1.82, 2.24) is 20.1 Å². The number of benzene rings is 2. The molecule has 0 unspecified atom stereocenters. The van der Waals surface area contributed by atoms with Crippen molar-refractivity contribution in [3.63, 3.8) is 0 Å². The molecule has 32 heavy (non-hydrogen) atoms. The van der Waals surface area contributed by atoms with Crippen molar-refractivity contribution in [3.05, 3.63) is 63.7 Å². The third-order valence-electron chi connectivity index (χ3n) is 5.58. The number of halogens is 4. The average molecular weight is 463 g/mol. The lowest BCUT2D eigenvalue weighted by molar-refractivity contribution is 0.0825. The maximum Gasteiger partial charge on any atom is 0.252 e. The molecule has 1 N–H and O–H groups in total. The molecule has 5 rings (SSSR count). The van der Waals surface area contributed by atoms with E-state index in [1.54, 1.807) is 24.5 Å². The van der Waals surface area contributed by atoms with Crippen molar-refractivity contribution in [3.8, 4) is 17.1 Å². The van der Waals surface area contributed by atoms with Gasteiger partial charge in [-0.2, -0.15) is 0 Å². The zero-order chi connectivity index (χ0) is 22.8. The molecule has 1 aliphatic heterocycles. The predicted octanol–water partition coefficient (Wildman–Crippen LogP) is 4.91. The summed E-state index contributed by atoms with van der Waals surface area (Å²) in [6.45, 7) is 3.51. The van der Waals surface area contributed by atoms with E-state index in [0.717, 1.165) is 25.0 Å². The van der Waals surface area contributed by atoms with Crippen molar-refractivity contribution in [2.24, 2.45) is 0 Å². The summed E-state index contributed by atoms with van der Waals surface area (Å²) in [6, 6.07) is 4.70. The highest BCUT2D eigenvalue weighted by Crippen LogP contribution is 2.43. The fraction of sp³-hybridized carbons (Fsp3) is 0.318. The molecule has 1 saturated carbocycles. The molecule has 0 radical (unpaired) electrons. The maximum atomic E-state index is 15.0. The Labute approximate surface area is 186 Å². The van der Waals surface area contributed by atoms with Crippen LogP contribution in [0.25, 0.3) is 11.4 Å². The summed E-state index contributed by atoms with van der Waals surface area (Å²) < 4.78 is 51.1. The van der Waals surface area contributed by atoms with E-state index in [1.807, 2.05) is 0 Å². The van der Waals surface area contributed by atoms with Gasteiger partial charge in [-0.1, -0.05) is 11.6 Å². The molecule has 2 aromatic carbocycles. The van der Waals surface area contributed by atoms with Gasteiger partial charge >= 0.3 is 0 Å². The van der Waals surface area contributed by atoms with Gasteiger partial charge < -0.3 is 14.6 Å². The lowest BCUT2D eigenvalue weighted by Gasteiger charge is -2.27. The van der Waals surface area contributed by atoms with E-state index >= 15 is 0 Å². The van der Waals surface area contributed by atoms with Crippen LogP contribution in [0.1, 0.15) is 54.5 Å². The summed E-state index contributed by atoms with van der Waals surface area (Å²) in [6.07, 6.45) is 1.65. The first kappa shape index (κ1) is 20.8. The van der Waals surface area contributed by atoms with Crippen LogP contribution in [0.3, 0.4) is 0 Å². The quantitative estimate of drug-likeness (QED) is 0.585. The molecule has 0 bridgehead atoms. The fourth-order valence-electron chi connectivity index (χ4n) is 3.91. The van der Waals surface area contributed by atoms with Gasteiger partial charge in [0.2, 0.25) is 0 Å². The molecular weight excluding hydrogens is 445 g/mol. The molecule has 0 saturated heterocycles. The zero-order valence-electron chi connectivity index (χ0n) is 17.2. The first-order chi connectivity index (χ1) is 15.2. The van der Waals surface area contributed by atoms with Gasteiger partial charge in [0.15, 0.2) is 34.6 Å². The van der Waals surface area contributed by atoms with Crippen LogP contribution in [-0.2, 0) is 12.1 Å². The molecule has 6 nitrogen and oxygen atoms in total. The van der Waals surface area contributed by atoms with Crippen molar-refractivity contribution in [2.45, 2.75) is 44.9 Å². The van der Waals surface area contributed by atoms with Gasteiger partial charge in [-0.05, 0) is 56.5 Å². The van der Waals surface area contributed by atoms with Gasteiger partial charge in [-0.25, -0.2) is 13.2 Å². The van der Waals surface area contributed by atoms with E-state index in [1.165, 1.54) is 6.07 Å². The standard InChI is InChI=1S/C22H18ClF3N4O2/c1-22(2,32-18-16(25)6-11(23)7-17(18)26)21-29-28-19(30(21)12-3-4-12)14-5-10-9-27-20(31)13(10)8-15(14)24/h5-8,12H,3-4,9H2,1-2H3,(H,27,31). The molecule has 166 valence electrons. The van der Waals surface area contributed by atoms with Crippen molar-refractivity contribution in [1.29, 1.82) is 0 Å². The Bertz CT molecular complexity index is 1250. The average Bonchev–Trinajstić information content (AvgIpc) is 3.36. The summed E-state index contributed by atoms with van der Waals surface area (Å²) >= 11 is 5.70. The van der Waals surface area contributed by atoms with Crippen LogP contribution < -0.4 is 10.1 Å². The first-order valence-corrected chi connectivity index (χ1v) is 10.4. The number of nitrogens with zero attached hydrogens (tertiary/aromatic N) is 3. The molecule has 0 spiro atoms. The van der Waals surface area contributed by atoms with Gasteiger partial charge in [0.1, 0.15) is 5.82 Å². The Hall–Kier alpha value is -3.07. The van der Waals surface area contributed by atoms with Crippen LogP contribution in [0.4, 0.5) is 13.2 Å². The highest BCUT2D eigenvalue weighted by Gasteiger charge is 2.39.